The molecule has 1 atom stereocenters. The zero-order chi connectivity index (χ0) is 19.9. The first-order chi connectivity index (χ1) is 13.3. The van der Waals surface area contributed by atoms with Crippen molar-refractivity contribution in [2.24, 2.45) is 7.05 Å². The standard InChI is InChI=1S/C18H24N4O4S2/c1-21-18-6-4-5-17(16(18)13-19-21)20-27(23,24)14-7-9-15(10-8-14)28(25,26)22-11-2-3-12-22/h7-10,13,17,20H,2-6,11-12H2,1H3. The molecule has 8 nitrogen and oxygen atoms in total. The summed E-state index contributed by atoms with van der Waals surface area (Å²) in [5.74, 6) is 0. The molecular weight excluding hydrogens is 400 g/mol. The molecule has 0 bridgehead atoms. The Kier molecular flexibility index (Phi) is 5.07. The van der Waals surface area contributed by atoms with Crippen molar-refractivity contribution in [2.45, 2.75) is 47.9 Å². The number of hydrogen-bond donors (Lipinski definition) is 1. The zero-order valence-electron chi connectivity index (χ0n) is 15.7. The molecule has 0 amide bonds. The van der Waals surface area contributed by atoms with Crippen LogP contribution < -0.4 is 4.72 Å². The van der Waals surface area contributed by atoms with Gasteiger partial charge in [-0.05, 0) is 56.4 Å². The van der Waals surface area contributed by atoms with Crippen LogP contribution >= 0.6 is 0 Å². The summed E-state index contributed by atoms with van der Waals surface area (Å²) in [4.78, 5) is 0.185. The molecule has 28 heavy (non-hydrogen) atoms. The minimum Gasteiger partial charge on any atom is -0.272 e. The van der Waals surface area contributed by atoms with E-state index in [1.54, 1.807) is 10.9 Å². The monoisotopic (exact) mass is 424 g/mol. The smallest absolute Gasteiger partial charge is 0.243 e. The minimum atomic E-state index is -3.77. The van der Waals surface area contributed by atoms with Crippen LogP contribution in [0.15, 0.2) is 40.3 Å². The molecule has 0 saturated carbocycles. The SMILES string of the molecule is Cn1ncc2c1CCCC2NS(=O)(=O)c1ccc(S(=O)(=O)N2CCCC2)cc1. The van der Waals surface area contributed by atoms with Gasteiger partial charge in [0.15, 0.2) is 0 Å². The molecule has 1 aromatic heterocycles. The van der Waals surface area contributed by atoms with Gasteiger partial charge in [0.25, 0.3) is 0 Å². The van der Waals surface area contributed by atoms with Crippen molar-refractivity contribution in [1.82, 2.24) is 18.8 Å². The van der Waals surface area contributed by atoms with Crippen LogP contribution in [0.2, 0.25) is 0 Å². The van der Waals surface area contributed by atoms with Crippen molar-refractivity contribution < 1.29 is 16.8 Å². The van der Waals surface area contributed by atoms with Crippen LogP contribution in [0.4, 0.5) is 0 Å². The van der Waals surface area contributed by atoms with E-state index in [0.29, 0.717) is 19.5 Å². The van der Waals surface area contributed by atoms with Gasteiger partial charge in [-0.25, -0.2) is 21.6 Å². The summed E-state index contributed by atoms with van der Waals surface area (Å²) in [7, 11) is -5.47. The summed E-state index contributed by atoms with van der Waals surface area (Å²) in [6.45, 7) is 1.03. The number of nitrogens with zero attached hydrogens (tertiary/aromatic N) is 3. The third-order valence-corrected chi connectivity index (χ3v) is 8.91. The van der Waals surface area contributed by atoms with Crippen LogP contribution in [0.1, 0.15) is 43.0 Å². The van der Waals surface area contributed by atoms with E-state index in [1.165, 1.54) is 28.6 Å². The van der Waals surface area contributed by atoms with Crippen LogP contribution in [-0.2, 0) is 33.5 Å². The Morgan fingerprint density at radius 1 is 1.00 bits per heavy atom. The van der Waals surface area contributed by atoms with Gasteiger partial charge in [-0.2, -0.15) is 9.40 Å². The summed E-state index contributed by atoms with van der Waals surface area (Å²) >= 11 is 0. The third kappa shape index (κ3) is 3.49. The Balaban J connectivity index is 1.56. The van der Waals surface area contributed by atoms with E-state index in [1.807, 2.05) is 7.05 Å². The van der Waals surface area contributed by atoms with E-state index in [2.05, 4.69) is 9.82 Å². The lowest BCUT2D eigenvalue weighted by Crippen LogP contribution is -2.31. The normalized spacial score (nSPS) is 21.0. The maximum atomic E-state index is 12.8. The molecule has 1 aliphatic carbocycles. The van der Waals surface area contributed by atoms with E-state index in [4.69, 9.17) is 0 Å². The molecule has 1 fully saturated rings. The van der Waals surface area contributed by atoms with Crippen molar-refractivity contribution in [3.8, 4) is 0 Å². The van der Waals surface area contributed by atoms with Gasteiger partial charge < -0.3 is 0 Å². The van der Waals surface area contributed by atoms with Crippen molar-refractivity contribution >= 4 is 20.0 Å². The summed E-state index contributed by atoms with van der Waals surface area (Å²) < 4.78 is 56.9. The highest BCUT2D eigenvalue weighted by atomic mass is 32.2. The Bertz CT molecular complexity index is 1070. The van der Waals surface area contributed by atoms with Gasteiger partial charge in [0, 0.05) is 31.4 Å². The molecule has 152 valence electrons. The van der Waals surface area contributed by atoms with Crippen molar-refractivity contribution in [3.05, 3.63) is 41.7 Å². The van der Waals surface area contributed by atoms with Gasteiger partial charge in [0.1, 0.15) is 0 Å². The molecule has 1 saturated heterocycles. The molecule has 1 aliphatic heterocycles. The summed E-state index contributed by atoms with van der Waals surface area (Å²) in [5.41, 5.74) is 1.96. The molecular formula is C18H24N4O4S2. The van der Waals surface area contributed by atoms with E-state index < -0.39 is 20.0 Å². The molecule has 10 heteroatoms. The highest BCUT2D eigenvalue weighted by Crippen LogP contribution is 2.31. The zero-order valence-corrected chi connectivity index (χ0v) is 17.3. The largest absolute Gasteiger partial charge is 0.272 e. The molecule has 1 unspecified atom stereocenters. The summed E-state index contributed by atoms with van der Waals surface area (Å²) in [6.07, 6.45) is 5.90. The van der Waals surface area contributed by atoms with Gasteiger partial charge in [0.2, 0.25) is 20.0 Å². The fourth-order valence-corrected chi connectivity index (χ4v) is 6.72. The van der Waals surface area contributed by atoms with Crippen molar-refractivity contribution in [2.75, 3.05) is 13.1 Å². The number of hydrogen-bond acceptors (Lipinski definition) is 5. The lowest BCUT2D eigenvalue weighted by molar-refractivity contribution is 0.477. The lowest BCUT2D eigenvalue weighted by Gasteiger charge is -2.23. The van der Waals surface area contributed by atoms with Crippen LogP contribution in [0.3, 0.4) is 0 Å². The minimum absolute atomic E-state index is 0.0592. The van der Waals surface area contributed by atoms with Crippen LogP contribution in [-0.4, -0.2) is 44.0 Å². The molecule has 2 aromatic rings. The van der Waals surface area contributed by atoms with Crippen molar-refractivity contribution in [3.63, 3.8) is 0 Å². The van der Waals surface area contributed by atoms with Crippen LogP contribution in [0, 0.1) is 0 Å². The summed E-state index contributed by atoms with van der Waals surface area (Å²) in [5, 5.41) is 4.24. The van der Waals surface area contributed by atoms with Gasteiger partial charge in [-0.1, -0.05) is 0 Å². The number of nitrogens with one attached hydrogen (secondary N) is 1. The van der Waals surface area contributed by atoms with E-state index >= 15 is 0 Å². The number of benzene rings is 1. The Morgan fingerprint density at radius 2 is 1.64 bits per heavy atom. The molecule has 1 N–H and O–H groups in total. The molecule has 0 radical (unpaired) electrons. The van der Waals surface area contributed by atoms with Gasteiger partial charge >= 0.3 is 0 Å². The average Bonchev–Trinajstić information content (AvgIpc) is 3.33. The highest BCUT2D eigenvalue weighted by Gasteiger charge is 2.30. The molecule has 4 rings (SSSR count). The molecule has 2 heterocycles. The topological polar surface area (TPSA) is 101 Å². The Hall–Kier alpha value is -1.75. The van der Waals surface area contributed by atoms with E-state index in [9.17, 15) is 16.8 Å². The predicted octanol–water partition coefficient (Wildman–Crippen LogP) is 1.56. The number of rotatable bonds is 5. The number of sulfonamides is 2. The second-order valence-corrected chi connectivity index (χ2v) is 11.0. The fraction of sp³-hybridized carbons (Fsp3) is 0.500. The first-order valence-electron chi connectivity index (χ1n) is 9.42. The maximum Gasteiger partial charge on any atom is 0.243 e. The first kappa shape index (κ1) is 19.6. The third-order valence-electron chi connectivity index (χ3n) is 5.51. The average molecular weight is 425 g/mol. The van der Waals surface area contributed by atoms with E-state index in [0.717, 1.165) is 36.9 Å². The summed E-state index contributed by atoms with van der Waals surface area (Å²) in [6, 6.07) is 5.14. The molecule has 1 aromatic carbocycles. The van der Waals surface area contributed by atoms with Crippen LogP contribution in [0.5, 0.6) is 0 Å². The van der Waals surface area contributed by atoms with Crippen molar-refractivity contribution in [1.29, 1.82) is 0 Å². The molecule has 2 aliphatic rings. The second-order valence-electron chi connectivity index (χ2n) is 7.32. The first-order valence-corrected chi connectivity index (χ1v) is 12.3. The molecule has 0 spiro atoms. The van der Waals surface area contributed by atoms with Gasteiger partial charge in [-0.15, -0.1) is 0 Å². The second kappa shape index (κ2) is 7.25. The Labute approximate surface area is 165 Å². The Morgan fingerprint density at radius 3 is 2.32 bits per heavy atom. The highest BCUT2D eigenvalue weighted by molar-refractivity contribution is 7.89. The van der Waals surface area contributed by atoms with Gasteiger partial charge in [-0.3, -0.25) is 4.68 Å². The number of fused-ring (bicyclic) bond motifs is 1. The van der Waals surface area contributed by atoms with E-state index in [-0.39, 0.29) is 15.8 Å². The number of aromatic nitrogens is 2. The fourth-order valence-electron chi connectivity index (χ4n) is 3.95. The predicted molar refractivity (Wildman–Crippen MR) is 104 cm³/mol. The quantitative estimate of drug-likeness (QED) is 0.785. The number of aryl methyl sites for hydroxylation is 1. The lowest BCUT2D eigenvalue weighted by atomic mass is 9.94. The van der Waals surface area contributed by atoms with Gasteiger partial charge in [0.05, 0.1) is 22.0 Å². The van der Waals surface area contributed by atoms with Crippen LogP contribution in [0.25, 0.3) is 0 Å². The maximum absolute atomic E-state index is 12.8.